The lowest BCUT2D eigenvalue weighted by Crippen LogP contribution is -2.24. The van der Waals surface area contributed by atoms with Gasteiger partial charge in [0.05, 0.1) is 6.20 Å². The van der Waals surface area contributed by atoms with Gasteiger partial charge in [-0.15, -0.1) is 0 Å². The molecule has 0 atom stereocenters. The van der Waals surface area contributed by atoms with Gasteiger partial charge in [0, 0.05) is 31.9 Å². The molecule has 120 valence electrons. The summed E-state index contributed by atoms with van der Waals surface area (Å²) in [6, 6.07) is 0. The molecule has 0 saturated heterocycles. The highest BCUT2D eigenvalue weighted by Gasteiger charge is 2.39. The number of aryl methyl sites for hydroxylation is 2. The summed E-state index contributed by atoms with van der Waals surface area (Å²) in [5.41, 5.74) is -0.0303. The van der Waals surface area contributed by atoms with Crippen LogP contribution in [0.1, 0.15) is 27.4 Å². The molecule has 0 aliphatic rings. The Morgan fingerprint density at radius 2 is 2.00 bits per heavy atom. The van der Waals surface area contributed by atoms with Gasteiger partial charge in [-0.1, -0.05) is 11.6 Å². The van der Waals surface area contributed by atoms with Gasteiger partial charge in [-0.05, 0) is 6.92 Å². The molecule has 0 spiro atoms. The molecule has 0 aliphatic heterocycles. The first kappa shape index (κ1) is 16.3. The number of hydrogen-bond acceptors (Lipinski definition) is 3. The van der Waals surface area contributed by atoms with Gasteiger partial charge >= 0.3 is 6.18 Å². The van der Waals surface area contributed by atoms with Crippen LogP contribution in [0.25, 0.3) is 0 Å². The van der Waals surface area contributed by atoms with Crippen LogP contribution in [0.4, 0.5) is 13.2 Å². The van der Waals surface area contributed by atoms with Crippen molar-refractivity contribution in [2.24, 2.45) is 14.1 Å². The van der Waals surface area contributed by atoms with Crippen LogP contribution < -0.4 is 5.32 Å². The second-order valence-electron chi connectivity index (χ2n) is 4.69. The minimum Gasteiger partial charge on any atom is -0.346 e. The van der Waals surface area contributed by atoms with E-state index in [0.717, 1.165) is 18.3 Å². The Morgan fingerprint density at radius 3 is 2.45 bits per heavy atom. The second-order valence-corrected chi connectivity index (χ2v) is 5.07. The number of halogens is 4. The summed E-state index contributed by atoms with van der Waals surface area (Å²) in [6.07, 6.45) is -3.12. The molecule has 0 fully saturated rings. The van der Waals surface area contributed by atoms with E-state index in [1.165, 1.54) is 0 Å². The summed E-state index contributed by atoms with van der Waals surface area (Å²) in [5.74, 6) is -0.778. The summed E-state index contributed by atoms with van der Waals surface area (Å²) in [7, 11) is 2.82. The molecule has 0 unspecified atom stereocenters. The zero-order valence-electron chi connectivity index (χ0n) is 12.0. The topological polar surface area (TPSA) is 64.7 Å². The average Bonchev–Trinajstić information content (AvgIpc) is 2.88. The van der Waals surface area contributed by atoms with Crippen LogP contribution in [-0.2, 0) is 26.8 Å². The van der Waals surface area contributed by atoms with Crippen molar-refractivity contribution in [1.29, 1.82) is 0 Å². The summed E-state index contributed by atoms with van der Waals surface area (Å²) < 4.78 is 40.6. The van der Waals surface area contributed by atoms with Crippen LogP contribution >= 0.6 is 11.6 Å². The van der Waals surface area contributed by atoms with Gasteiger partial charge in [0.1, 0.15) is 5.02 Å². The van der Waals surface area contributed by atoms with Crippen molar-refractivity contribution >= 4 is 17.5 Å². The molecule has 0 radical (unpaired) electrons. The number of hydrogen-bond donors (Lipinski definition) is 1. The largest absolute Gasteiger partial charge is 0.434 e. The molecule has 0 saturated carbocycles. The second kappa shape index (κ2) is 5.64. The van der Waals surface area contributed by atoms with Crippen LogP contribution in [0.5, 0.6) is 0 Å². The molecule has 1 amide bonds. The lowest BCUT2D eigenvalue weighted by atomic mass is 10.2. The Balaban J connectivity index is 2.19. The first-order valence-electron chi connectivity index (χ1n) is 6.18. The number of nitrogens with one attached hydrogen (secondary N) is 1. The van der Waals surface area contributed by atoms with Gasteiger partial charge in [-0.2, -0.15) is 23.4 Å². The fourth-order valence-electron chi connectivity index (χ4n) is 1.93. The van der Waals surface area contributed by atoms with Crippen LogP contribution in [0, 0.1) is 6.92 Å². The van der Waals surface area contributed by atoms with E-state index in [1.54, 1.807) is 17.9 Å². The van der Waals surface area contributed by atoms with Gasteiger partial charge in [0.2, 0.25) is 0 Å². The van der Waals surface area contributed by atoms with Crippen molar-refractivity contribution in [3.05, 3.63) is 33.9 Å². The van der Waals surface area contributed by atoms with Crippen LogP contribution in [0.3, 0.4) is 0 Å². The van der Waals surface area contributed by atoms with E-state index >= 15 is 0 Å². The number of aromatic nitrogens is 4. The molecule has 1 N–H and O–H groups in total. The Kier molecular flexibility index (Phi) is 4.19. The van der Waals surface area contributed by atoms with E-state index in [2.05, 4.69) is 15.5 Å². The fraction of sp³-hybridized carbons (Fsp3) is 0.417. The van der Waals surface area contributed by atoms with E-state index in [9.17, 15) is 18.0 Å². The summed E-state index contributed by atoms with van der Waals surface area (Å²) in [4.78, 5) is 12.0. The lowest BCUT2D eigenvalue weighted by Gasteiger charge is -2.06. The van der Waals surface area contributed by atoms with Crippen LogP contribution in [-0.4, -0.2) is 25.5 Å². The maximum Gasteiger partial charge on any atom is 0.434 e. The first-order chi connectivity index (χ1) is 10.1. The van der Waals surface area contributed by atoms with Crippen molar-refractivity contribution in [3.63, 3.8) is 0 Å². The van der Waals surface area contributed by atoms with Crippen molar-refractivity contribution in [1.82, 2.24) is 24.9 Å². The average molecular weight is 336 g/mol. The minimum atomic E-state index is -4.68. The molecule has 2 aromatic rings. The normalized spacial score (nSPS) is 11.8. The van der Waals surface area contributed by atoms with E-state index in [0.29, 0.717) is 4.68 Å². The molecule has 0 aromatic carbocycles. The van der Waals surface area contributed by atoms with Gasteiger partial charge in [-0.3, -0.25) is 14.2 Å². The minimum absolute atomic E-state index is 0.118. The van der Waals surface area contributed by atoms with Crippen LogP contribution in [0.2, 0.25) is 5.02 Å². The lowest BCUT2D eigenvalue weighted by molar-refractivity contribution is -0.143. The first-order valence-corrected chi connectivity index (χ1v) is 6.56. The predicted octanol–water partition coefficient (Wildman–Crippen LogP) is 2.06. The Labute approximate surface area is 128 Å². The molecule has 22 heavy (non-hydrogen) atoms. The molecular formula is C12H13ClF3N5O. The zero-order chi connectivity index (χ0) is 16.7. The third-order valence-corrected chi connectivity index (χ3v) is 3.61. The van der Waals surface area contributed by atoms with E-state index in [-0.39, 0.29) is 6.54 Å². The molecule has 10 heteroatoms. The third-order valence-electron chi connectivity index (χ3n) is 3.25. The maximum atomic E-state index is 12.8. The van der Waals surface area contributed by atoms with E-state index in [1.807, 2.05) is 6.92 Å². The highest BCUT2D eigenvalue weighted by atomic mass is 35.5. The number of rotatable bonds is 3. The summed E-state index contributed by atoms with van der Waals surface area (Å²) in [5, 5.41) is 9.32. The quantitative estimate of drug-likeness (QED) is 0.934. The number of alkyl halides is 3. The SMILES string of the molecule is Cc1c(CNC(=O)c2nn(C)c(C(F)(F)F)c2Cl)cnn1C. The monoisotopic (exact) mass is 335 g/mol. The molecule has 0 aliphatic carbocycles. The molecule has 2 aromatic heterocycles. The van der Waals surface area contributed by atoms with Gasteiger partial charge in [0.25, 0.3) is 5.91 Å². The number of carbonyl (C=O) groups excluding carboxylic acids is 1. The van der Waals surface area contributed by atoms with Crippen LogP contribution in [0.15, 0.2) is 6.20 Å². The number of carbonyl (C=O) groups is 1. The standard InChI is InChI=1S/C12H13ClF3N5O/c1-6-7(5-18-20(6)2)4-17-11(22)9-8(13)10(12(14,15)16)21(3)19-9/h5H,4H2,1-3H3,(H,17,22). The van der Waals surface area contributed by atoms with Crippen molar-refractivity contribution in [2.45, 2.75) is 19.6 Å². The Hall–Kier alpha value is -2.03. The molecular weight excluding hydrogens is 323 g/mol. The molecule has 2 heterocycles. The highest BCUT2D eigenvalue weighted by molar-refractivity contribution is 6.34. The molecule has 6 nitrogen and oxygen atoms in total. The summed E-state index contributed by atoms with van der Waals surface area (Å²) in [6.45, 7) is 1.93. The van der Waals surface area contributed by atoms with Crippen molar-refractivity contribution in [2.75, 3.05) is 0 Å². The highest BCUT2D eigenvalue weighted by Crippen LogP contribution is 2.35. The summed E-state index contributed by atoms with van der Waals surface area (Å²) >= 11 is 5.65. The van der Waals surface area contributed by atoms with Gasteiger partial charge < -0.3 is 5.32 Å². The number of nitrogens with zero attached hydrogens (tertiary/aromatic N) is 4. The van der Waals surface area contributed by atoms with E-state index in [4.69, 9.17) is 11.6 Å². The Morgan fingerprint density at radius 1 is 1.36 bits per heavy atom. The van der Waals surface area contributed by atoms with Crippen molar-refractivity contribution < 1.29 is 18.0 Å². The molecule has 2 rings (SSSR count). The van der Waals surface area contributed by atoms with Gasteiger partial charge in [0.15, 0.2) is 11.4 Å². The van der Waals surface area contributed by atoms with Gasteiger partial charge in [-0.25, -0.2) is 0 Å². The molecule has 0 bridgehead atoms. The van der Waals surface area contributed by atoms with E-state index < -0.39 is 28.5 Å². The Bertz CT molecular complexity index is 719. The maximum absolute atomic E-state index is 12.8. The smallest absolute Gasteiger partial charge is 0.346 e. The zero-order valence-corrected chi connectivity index (χ0v) is 12.7. The third kappa shape index (κ3) is 2.94. The predicted molar refractivity (Wildman–Crippen MR) is 72.3 cm³/mol. The number of amides is 1. The van der Waals surface area contributed by atoms with Crippen molar-refractivity contribution in [3.8, 4) is 0 Å². The fourth-order valence-corrected chi connectivity index (χ4v) is 2.28.